The maximum absolute atomic E-state index is 12.2. The summed E-state index contributed by atoms with van der Waals surface area (Å²) in [6.45, 7) is 0. The van der Waals surface area contributed by atoms with E-state index >= 15 is 0 Å². The van der Waals surface area contributed by atoms with Crippen LogP contribution in [0.4, 0.5) is 11.5 Å². The minimum Gasteiger partial charge on any atom is -0.481 e. The maximum Gasteiger partial charge on any atom is 0.303 e. The fraction of sp³-hybridized carbons (Fsp3) is 0.133. The normalized spacial score (nSPS) is 10.8. The highest BCUT2D eigenvalue weighted by atomic mass is 32.2. The fourth-order valence-electron chi connectivity index (χ4n) is 1.78. The van der Waals surface area contributed by atoms with Gasteiger partial charge in [0, 0.05) is 18.3 Å². The van der Waals surface area contributed by atoms with E-state index in [1.807, 2.05) is 0 Å². The number of hydrogen-bond acceptors (Lipinski definition) is 5. The molecule has 0 fully saturated rings. The van der Waals surface area contributed by atoms with E-state index in [1.54, 1.807) is 12.1 Å². The molecule has 0 aliphatic carbocycles. The predicted molar refractivity (Wildman–Crippen MR) is 87.0 cm³/mol. The molecule has 9 heteroatoms. The number of sulfonamides is 1. The van der Waals surface area contributed by atoms with Crippen molar-refractivity contribution in [1.29, 1.82) is 0 Å². The van der Waals surface area contributed by atoms with Gasteiger partial charge in [0.05, 0.1) is 11.3 Å². The van der Waals surface area contributed by atoms with Gasteiger partial charge >= 0.3 is 5.97 Å². The number of anilines is 2. The van der Waals surface area contributed by atoms with Gasteiger partial charge in [-0.15, -0.1) is 0 Å². The third-order valence-electron chi connectivity index (χ3n) is 2.92. The SMILES string of the molecule is O=C(O)CCC(=O)Nc1ccc(S(=O)(=O)Nc2ccccn2)cc1. The number of carboxylic acid groups (broad SMARTS) is 1. The molecular weight excluding hydrogens is 334 g/mol. The van der Waals surface area contributed by atoms with Crippen LogP contribution in [0.25, 0.3) is 0 Å². The van der Waals surface area contributed by atoms with E-state index in [0.717, 1.165) is 0 Å². The van der Waals surface area contributed by atoms with Crippen LogP contribution in [0.15, 0.2) is 53.6 Å². The van der Waals surface area contributed by atoms with Crippen LogP contribution in [0.3, 0.4) is 0 Å². The number of nitrogens with zero attached hydrogens (tertiary/aromatic N) is 1. The summed E-state index contributed by atoms with van der Waals surface area (Å²) in [6.07, 6.45) is 1.04. The zero-order valence-electron chi connectivity index (χ0n) is 12.5. The van der Waals surface area contributed by atoms with Crippen molar-refractivity contribution < 1.29 is 23.1 Å². The summed E-state index contributed by atoms with van der Waals surface area (Å²) >= 11 is 0. The Kier molecular flexibility index (Phi) is 5.48. The van der Waals surface area contributed by atoms with Crippen molar-refractivity contribution in [2.24, 2.45) is 0 Å². The molecule has 24 heavy (non-hydrogen) atoms. The molecule has 1 aromatic carbocycles. The van der Waals surface area contributed by atoms with Crippen LogP contribution < -0.4 is 10.0 Å². The number of benzene rings is 1. The Hall–Kier alpha value is -2.94. The molecule has 0 radical (unpaired) electrons. The Bertz CT molecular complexity index is 820. The lowest BCUT2D eigenvalue weighted by Gasteiger charge is -2.08. The molecule has 1 amide bonds. The molecule has 1 aromatic heterocycles. The van der Waals surface area contributed by atoms with E-state index in [9.17, 15) is 18.0 Å². The quantitative estimate of drug-likeness (QED) is 0.698. The number of carbonyl (C=O) groups excluding carboxylic acids is 1. The summed E-state index contributed by atoms with van der Waals surface area (Å²) < 4.78 is 26.8. The highest BCUT2D eigenvalue weighted by molar-refractivity contribution is 7.92. The zero-order chi connectivity index (χ0) is 17.6. The third-order valence-corrected chi connectivity index (χ3v) is 4.29. The van der Waals surface area contributed by atoms with Crippen molar-refractivity contribution in [2.75, 3.05) is 10.0 Å². The number of amides is 1. The van der Waals surface area contributed by atoms with Crippen LogP contribution >= 0.6 is 0 Å². The average Bonchev–Trinajstić information content (AvgIpc) is 2.54. The molecule has 126 valence electrons. The first kappa shape index (κ1) is 17.4. The van der Waals surface area contributed by atoms with Gasteiger partial charge in [0.25, 0.3) is 10.0 Å². The molecule has 0 atom stereocenters. The molecule has 0 bridgehead atoms. The van der Waals surface area contributed by atoms with Gasteiger partial charge in [0.1, 0.15) is 5.82 Å². The first-order chi connectivity index (χ1) is 11.4. The fourth-order valence-corrected chi connectivity index (χ4v) is 2.79. The van der Waals surface area contributed by atoms with E-state index in [4.69, 9.17) is 5.11 Å². The minimum absolute atomic E-state index is 0.0108. The standard InChI is InChI=1S/C15H15N3O5S/c19-14(8-9-15(20)21)17-11-4-6-12(7-5-11)24(22,23)18-13-3-1-2-10-16-13/h1-7,10H,8-9H2,(H,16,18)(H,17,19)(H,20,21). The Balaban J connectivity index is 2.03. The largest absolute Gasteiger partial charge is 0.481 e. The van der Waals surface area contributed by atoms with Crippen molar-refractivity contribution in [3.8, 4) is 0 Å². The summed E-state index contributed by atoms with van der Waals surface area (Å²) in [5.74, 6) is -1.32. The smallest absolute Gasteiger partial charge is 0.303 e. The topological polar surface area (TPSA) is 125 Å². The summed E-state index contributed by atoms with van der Waals surface area (Å²) in [4.78, 5) is 25.8. The Morgan fingerprint density at radius 1 is 1.04 bits per heavy atom. The van der Waals surface area contributed by atoms with Crippen molar-refractivity contribution in [2.45, 2.75) is 17.7 Å². The molecule has 0 saturated heterocycles. The van der Waals surface area contributed by atoms with Gasteiger partial charge < -0.3 is 10.4 Å². The summed E-state index contributed by atoms with van der Waals surface area (Å²) in [5, 5.41) is 11.0. The molecule has 0 saturated carbocycles. The lowest BCUT2D eigenvalue weighted by molar-refractivity contribution is -0.138. The molecule has 0 spiro atoms. The highest BCUT2D eigenvalue weighted by Gasteiger charge is 2.15. The highest BCUT2D eigenvalue weighted by Crippen LogP contribution is 2.17. The lowest BCUT2D eigenvalue weighted by atomic mass is 10.2. The number of rotatable bonds is 7. The van der Waals surface area contributed by atoms with Gasteiger partial charge in [-0.3, -0.25) is 14.3 Å². The number of hydrogen-bond donors (Lipinski definition) is 3. The minimum atomic E-state index is -3.78. The van der Waals surface area contributed by atoms with Crippen molar-refractivity contribution in [3.05, 3.63) is 48.7 Å². The van der Waals surface area contributed by atoms with Gasteiger partial charge in [-0.2, -0.15) is 0 Å². The number of carboxylic acids is 1. The molecule has 2 aromatic rings. The number of aliphatic carboxylic acids is 1. The molecule has 0 aliphatic heterocycles. The van der Waals surface area contributed by atoms with E-state index in [0.29, 0.717) is 5.69 Å². The first-order valence-corrected chi connectivity index (χ1v) is 8.41. The monoisotopic (exact) mass is 349 g/mol. The molecular formula is C15H15N3O5S. The van der Waals surface area contributed by atoms with Gasteiger partial charge in [-0.1, -0.05) is 6.07 Å². The second-order valence-electron chi connectivity index (χ2n) is 4.79. The van der Waals surface area contributed by atoms with Crippen LogP contribution in [-0.2, 0) is 19.6 Å². The van der Waals surface area contributed by atoms with Crippen LogP contribution in [0.1, 0.15) is 12.8 Å². The number of aromatic nitrogens is 1. The van der Waals surface area contributed by atoms with Crippen molar-refractivity contribution >= 4 is 33.4 Å². The van der Waals surface area contributed by atoms with Crippen molar-refractivity contribution in [3.63, 3.8) is 0 Å². The number of carbonyl (C=O) groups is 2. The summed E-state index contributed by atoms with van der Waals surface area (Å²) in [5.41, 5.74) is 0.377. The van der Waals surface area contributed by atoms with Crippen LogP contribution in [-0.4, -0.2) is 30.4 Å². The van der Waals surface area contributed by atoms with Gasteiger partial charge in [0.2, 0.25) is 5.91 Å². The van der Waals surface area contributed by atoms with Gasteiger partial charge in [-0.25, -0.2) is 13.4 Å². The van der Waals surface area contributed by atoms with Crippen LogP contribution in [0.2, 0.25) is 0 Å². The van der Waals surface area contributed by atoms with Crippen LogP contribution in [0, 0.1) is 0 Å². The average molecular weight is 349 g/mol. The summed E-state index contributed by atoms with van der Waals surface area (Å²) in [6, 6.07) is 10.3. The lowest BCUT2D eigenvalue weighted by Crippen LogP contribution is -2.15. The zero-order valence-corrected chi connectivity index (χ0v) is 13.3. The van der Waals surface area contributed by atoms with E-state index in [-0.39, 0.29) is 23.6 Å². The second kappa shape index (κ2) is 7.55. The first-order valence-electron chi connectivity index (χ1n) is 6.92. The van der Waals surface area contributed by atoms with Gasteiger partial charge in [-0.05, 0) is 36.4 Å². The third kappa shape index (κ3) is 5.06. The molecule has 1 heterocycles. The van der Waals surface area contributed by atoms with E-state index < -0.39 is 21.9 Å². The predicted octanol–water partition coefficient (Wildman–Crippen LogP) is 1.69. The maximum atomic E-state index is 12.2. The molecule has 0 aliphatic rings. The van der Waals surface area contributed by atoms with Gasteiger partial charge in [0.15, 0.2) is 0 Å². The Morgan fingerprint density at radius 2 is 1.75 bits per heavy atom. The molecule has 2 rings (SSSR count). The summed E-state index contributed by atoms with van der Waals surface area (Å²) in [7, 11) is -3.78. The molecule has 0 unspecified atom stereocenters. The Labute approximate surface area is 138 Å². The van der Waals surface area contributed by atoms with Crippen molar-refractivity contribution in [1.82, 2.24) is 4.98 Å². The van der Waals surface area contributed by atoms with Crippen LogP contribution in [0.5, 0.6) is 0 Å². The molecule has 3 N–H and O–H groups in total. The Morgan fingerprint density at radius 3 is 2.33 bits per heavy atom. The number of nitrogens with one attached hydrogen (secondary N) is 2. The molecule has 8 nitrogen and oxygen atoms in total. The van der Waals surface area contributed by atoms with E-state index in [2.05, 4.69) is 15.0 Å². The van der Waals surface area contributed by atoms with E-state index in [1.165, 1.54) is 36.5 Å². The number of pyridine rings is 1. The second-order valence-corrected chi connectivity index (χ2v) is 6.47.